The first-order valence-electron chi connectivity index (χ1n) is 3.57. The zero-order chi connectivity index (χ0) is 8.48. The third-order valence-electron chi connectivity index (χ3n) is 1.68. The van der Waals surface area contributed by atoms with E-state index in [4.69, 9.17) is 4.74 Å². The van der Waals surface area contributed by atoms with Crippen molar-refractivity contribution in [3.8, 4) is 0 Å². The van der Waals surface area contributed by atoms with Crippen molar-refractivity contribution in [1.82, 2.24) is 5.32 Å². The summed E-state index contributed by atoms with van der Waals surface area (Å²) in [6.45, 7) is 3.51. The van der Waals surface area contributed by atoms with Gasteiger partial charge in [0.05, 0.1) is 0 Å². The summed E-state index contributed by atoms with van der Waals surface area (Å²) >= 11 is 0. The number of carbonyl (C=O) groups excluding carboxylic acids is 2. The molecule has 2 amide bonds. The number of cyclic esters (lactones) is 1. The zero-order valence-corrected chi connectivity index (χ0v) is 6.59. The normalized spacial score (nSPS) is 30.0. The molecular formula is C7H10NO3. The van der Waals surface area contributed by atoms with Gasteiger partial charge in [0.25, 0.3) is 5.91 Å². The number of nitrogens with zero attached hydrogens (tertiary/aromatic N) is 1. The van der Waals surface area contributed by atoms with E-state index in [1.165, 1.54) is 0 Å². The molecule has 0 bridgehead atoms. The highest BCUT2D eigenvalue weighted by Gasteiger charge is 2.45. The van der Waals surface area contributed by atoms with E-state index < -0.39 is 17.6 Å². The van der Waals surface area contributed by atoms with Crippen molar-refractivity contribution < 1.29 is 14.3 Å². The molecule has 1 saturated heterocycles. The van der Waals surface area contributed by atoms with Gasteiger partial charge in [-0.25, -0.2) is 4.79 Å². The first kappa shape index (κ1) is 8.04. The van der Waals surface area contributed by atoms with Gasteiger partial charge in [-0.1, -0.05) is 13.3 Å². The van der Waals surface area contributed by atoms with Crippen LogP contribution >= 0.6 is 0 Å². The molecule has 0 aromatic rings. The molecule has 4 heteroatoms. The lowest BCUT2D eigenvalue weighted by Gasteiger charge is -2.16. The Hall–Kier alpha value is -1.06. The number of ether oxygens (including phenoxy) is 1. The molecule has 61 valence electrons. The predicted octanol–water partition coefficient (Wildman–Crippen LogP) is 0.826. The fraction of sp³-hybridized carbons (Fsp3) is 0.714. The minimum Gasteiger partial charge on any atom is -0.431 e. The van der Waals surface area contributed by atoms with Gasteiger partial charge in [0, 0.05) is 0 Å². The highest BCUT2D eigenvalue weighted by Crippen LogP contribution is 2.23. The number of rotatable bonds is 2. The second-order valence-electron chi connectivity index (χ2n) is 2.77. The van der Waals surface area contributed by atoms with E-state index in [0.29, 0.717) is 6.42 Å². The topological polar surface area (TPSA) is 57.5 Å². The minimum absolute atomic E-state index is 0.454. The Kier molecular flexibility index (Phi) is 1.85. The first-order chi connectivity index (χ1) is 5.08. The molecule has 0 aromatic heterocycles. The number of hydrogen-bond donors (Lipinski definition) is 0. The van der Waals surface area contributed by atoms with Crippen LogP contribution in [0.25, 0.3) is 0 Å². The maximum absolute atomic E-state index is 11.0. The number of imide groups is 1. The lowest BCUT2D eigenvalue weighted by molar-refractivity contribution is -0.130. The van der Waals surface area contributed by atoms with E-state index in [2.05, 4.69) is 5.32 Å². The van der Waals surface area contributed by atoms with Crippen LogP contribution in [0, 0.1) is 0 Å². The quantitative estimate of drug-likeness (QED) is 0.594. The summed E-state index contributed by atoms with van der Waals surface area (Å²) in [4.78, 5) is 21.5. The van der Waals surface area contributed by atoms with Gasteiger partial charge in [-0.15, -0.1) is 5.32 Å². The maximum Gasteiger partial charge on any atom is 0.437 e. The second kappa shape index (κ2) is 2.53. The molecule has 0 N–H and O–H groups in total. The number of hydrogen-bond acceptors (Lipinski definition) is 3. The monoisotopic (exact) mass is 156 g/mol. The summed E-state index contributed by atoms with van der Waals surface area (Å²) in [7, 11) is 0. The molecule has 1 aliphatic rings. The lowest BCUT2D eigenvalue weighted by Crippen LogP contribution is -2.33. The molecule has 0 saturated carbocycles. The Morgan fingerprint density at radius 1 is 1.55 bits per heavy atom. The van der Waals surface area contributed by atoms with Gasteiger partial charge in [0.1, 0.15) is 0 Å². The Morgan fingerprint density at radius 2 is 2.18 bits per heavy atom. The van der Waals surface area contributed by atoms with Gasteiger partial charge in [-0.3, -0.25) is 4.79 Å². The lowest BCUT2D eigenvalue weighted by atomic mass is 10.0. The summed E-state index contributed by atoms with van der Waals surface area (Å²) in [6.07, 6.45) is 0.581. The van der Waals surface area contributed by atoms with Crippen LogP contribution in [-0.2, 0) is 9.53 Å². The van der Waals surface area contributed by atoms with E-state index in [1.54, 1.807) is 6.92 Å². The molecule has 0 aromatic carbocycles. The largest absolute Gasteiger partial charge is 0.437 e. The van der Waals surface area contributed by atoms with Crippen LogP contribution in [-0.4, -0.2) is 17.6 Å². The van der Waals surface area contributed by atoms with Crippen LogP contribution in [0.4, 0.5) is 4.79 Å². The van der Waals surface area contributed by atoms with E-state index in [9.17, 15) is 9.59 Å². The molecule has 1 atom stereocenters. The highest BCUT2D eigenvalue weighted by atomic mass is 16.6. The molecule has 1 fully saturated rings. The van der Waals surface area contributed by atoms with Gasteiger partial charge >= 0.3 is 6.09 Å². The SMILES string of the molecule is CCCC1(C)OC(=O)[N]C1=O. The average Bonchev–Trinajstić information content (AvgIpc) is 2.08. The van der Waals surface area contributed by atoms with Gasteiger partial charge in [0.15, 0.2) is 5.60 Å². The average molecular weight is 156 g/mol. The van der Waals surface area contributed by atoms with Crippen molar-refractivity contribution in [3.05, 3.63) is 0 Å². The Morgan fingerprint density at radius 3 is 2.55 bits per heavy atom. The molecule has 11 heavy (non-hydrogen) atoms. The maximum atomic E-state index is 11.0. The summed E-state index contributed by atoms with van der Waals surface area (Å²) < 4.78 is 4.75. The summed E-state index contributed by atoms with van der Waals surface area (Å²) in [6, 6.07) is 0. The van der Waals surface area contributed by atoms with Gasteiger partial charge in [0.2, 0.25) is 0 Å². The van der Waals surface area contributed by atoms with E-state index in [-0.39, 0.29) is 0 Å². The standard InChI is InChI=1S/C7H10NO3/c1-3-4-7(2)5(9)8-6(10)11-7/h3-4H2,1-2H3. The fourth-order valence-electron chi connectivity index (χ4n) is 1.10. The molecule has 1 heterocycles. The molecule has 4 nitrogen and oxygen atoms in total. The van der Waals surface area contributed by atoms with Crippen molar-refractivity contribution in [3.63, 3.8) is 0 Å². The summed E-state index contributed by atoms with van der Waals surface area (Å²) in [5, 5.41) is 3.16. The molecule has 1 rings (SSSR count). The van der Waals surface area contributed by atoms with Crippen LogP contribution in [0.3, 0.4) is 0 Å². The van der Waals surface area contributed by atoms with Crippen LogP contribution in [0.15, 0.2) is 0 Å². The third kappa shape index (κ3) is 1.34. The van der Waals surface area contributed by atoms with Crippen LogP contribution in [0.1, 0.15) is 26.7 Å². The molecule has 1 radical (unpaired) electrons. The molecule has 1 aliphatic heterocycles. The van der Waals surface area contributed by atoms with Gasteiger partial charge < -0.3 is 4.74 Å². The van der Waals surface area contributed by atoms with E-state index in [1.807, 2.05) is 6.92 Å². The van der Waals surface area contributed by atoms with E-state index >= 15 is 0 Å². The van der Waals surface area contributed by atoms with Crippen LogP contribution in [0.5, 0.6) is 0 Å². The summed E-state index contributed by atoms with van der Waals surface area (Å²) in [5.41, 5.74) is -0.980. The second-order valence-corrected chi connectivity index (χ2v) is 2.77. The number of carbonyl (C=O) groups is 2. The summed E-state index contributed by atoms with van der Waals surface area (Å²) in [5.74, 6) is -0.454. The fourth-order valence-corrected chi connectivity index (χ4v) is 1.10. The van der Waals surface area contributed by atoms with Crippen molar-refractivity contribution >= 4 is 12.0 Å². The van der Waals surface area contributed by atoms with Gasteiger partial charge in [-0.05, 0) is 13.3 Å². The Labute approximate surface area is 64.9 Å². The van der Waals surface area contributed by atoms with Crippen molar-refractivity contribution in [1.29, 1.82) is 0 Å². The zero-order valence-electron chi connectivity index (χ0n) is 6.59. The molecule has 1 unspecified atom stereocenters. The van der Waals surface area contributed by atoms with Crippen LogP contribution < -0.4 is 5.32 Å². The van der Waals surface area contributed by atoms with Crippen molar-refractivity contribution in [2.75, 3.05) is 0 Å². The Balaban J connectivity index is 2.70. The Bertz CT molecular complexity index is 202. The molecule has 0 spiro atoms. The predicted molar refractivity (Wildman–Crippen MR) is 36.9 cm³/mol. The van der Waals surface area contributed by atoms with Crippen LogP contribution in [0.2, 0.25) is 0 Å². The van der Waals surface area contributed by atoms with Crippen molar-refractivity contribution in [2.24, 2.45) is 0 Å². The minimum atomic E-state index is -0.980. The van der Waals surface area contributed by atoms with E-state index in [0.717, 1.165) is 6.42 Å². The van der Waals surface area contributed by atoms with Crippen molar-refractivity contribution in [2.45, 2.75) is 32.3 Å². The number of amides is 2. The molecular weight excluding hydrogens is 146 g/mol. The van der Waals surface area contributed by atoms with Gasteiger partial charge in [-0.2, -0.15) is 0 Å². The highest BCUT2D eigenvalue weighted by molar-refractivity contribution is 6.02. The smallest absolute Gasteiger partial charge is 0.431 e. The molecule has 0 aliphatic carbocycles. The third-order valence-corrected chi connectivity index (χ3v) is 1.68. The first-order valence-corrected chi connectivity index (χ1v) is 3.57.